The van der Waals surface area contributed by atoms with Crippen molar-refractivity contribution < 1.29 is 33.0 Å². The van der Waals surface area contributed by atoms with Gasteiger partial charge in [0.05, 0.1) is 24.3 Å². The van der Waals surface area contributed by atoms with Crippen LogP contribution in [-0.2, 0) is 38.9 Å². The fourth-order valence-corrected chi connectivity index (χ4v) is 6.00. The molecule has 4 aromatic carbocycles. The van der Waals surface area contributed by atoms with E-state index in [1.165, 1.54) is 0 Å². The maximum Gasteiger partial charge on any atom is 0.306 e. The number of aliphatic hydroxyl groups excluding tert-OH is 1. The first-order valence-corrected chi connectivity index (χ1v) is 16.8. The molecule has 0 spiro atoms. The second kappa shape index (κ2) is 16.1. The maximum atomic E-state index is 13.7. The van der Waals surface area contributed by atoms with E-state index in [9.17, 15) is 33.0 Å². The Labute approximate surface area is 269 Å². The summed E-state index contributed by atoms with van der Waals surface area (Å²) in [4.78, 5) is 38.7. The van der Waals surface area contributed by atoms with Crippen molar-refractivity contribution in [1.29, 1.82) is 0 Å². The summed E-state index contributed by atoms with van der Waals surface area (Å²) in [7, 11) is -3.83. The van der Waals surface area contributed by atoms with E-state index in [0.717, 1.165) is 17.4 Å². The molecule has 0 aliphatic carbocycles. The number of carbonyl (C=O) groups is 3. The van der Waals surface area contributed by atoms with E-state index in [1.807, 2.05) is 66.7 Å². The molecule has 4 rings (SSSR count). The predicted octanol–water partition coefficient (Wildman–Crippen LogP) is 3.80. The van der Waals surface area contributed by atoms with Crippen LogP contribution in [0.25, 0.3) is 0 Å². The van der Waals surface area contributed by atoms with Gasteiger partial charge < -0.3 is 15.5 Å². The van der Waals surface area contributed by atoms with Gasteiger partial charge in [0.1, 0.15) is 6.04 Å². The highest BCUT2D eigenvalue weighted by atomic mass is 32.2. The lowest BCUT2D eigenvalue weighted by Crippen LogP contribution is -2.54. The molecule has 0 aromatic heterocycles. The van der Waals surface area contributed by atoms with Gasteiger partial charge in [-0.15, -0.1) is 0 Å². The molecule has 9 nitrogen and oxygen atoms in total. The molecule has 0 saturated carbocycles. The van der Waals surface area contributed by atoms with Crippen molar-refractivity contribution in [3.05, 3.63) is 143 Å². The van der Waals surface area contributed by atoms with Gasteiger partial charge in [-0.25, -0.2) is 13.1 Å². The van der Waals surface area contributed by atoms with E-state index in [1.54, 1.807) is 48.5 Å². The number of aliphatic hydroxyl groups is 1. The summed E-state index contributed by atoms with van der Waals surface area (Å²) in [6, 6.07) is 31.4. The maximum absolute atomic E-state index is 13.7. The zero-order valence-electron chi connectivity index (χ0n) is 25.5. The number of hydrogen-bond donors (Lipinski definition) is 4. The topological polar surface area (TPSA) is 150 Å². The quantitative estimate of drug-likeness (QED) is 0.136. The molecule has 240 valence electrons. The Balaban J connectivity index is 1.53. The molecular formula is C36H38N2O7S. The minimum Gasteiger partial charge on any atom is -0.481 e. The van der Waals surface area contributed by atoms with Crippen LogP contribution in [0.4, 0.5) is 0 Å². The second-order valence-electron chi connectivity index (χ2n) is 11.4. The Hall–Kier alpha value is -4.64. The van der Waals surface area contributed by atoms with Crippen LogP contribution in [-0.4, -0.2) is 60.7 Å². The van der Waals surface area contributed by atoms with Crippen molar-refractivity contribution in [3.63, 3.8) is 0 Å². The highest BCUT2D eigenvalue weighted by Gasteiger charge is 2.31. The van der Waals surface area contributed by atoms with Crippen LogP contribution < -0.4 is 10.0 Å². The van der Waals surface area contributed by atoms with Gasteiger partial charge in [0, 0.05) is 11.1 Å². The van der Waals surface area contributed by atoms with Crippen LogP contribution in [0.5, 0.6) is 0 Å². The zero-order valence-corrected chi connectivity index (χ0v) is 26.3. The number of carboxylic acids is 1. The number of nitrogens with one attached hydrogen (secondary N) is 2. The van der Waals surface area contributed by atoms with Gasteiger partial charge in [-0.2, -0.15) is 0 Å². The molecule has 10 heteroatoms. The number of benzene rings is 4. The molecule has 0 radical (unpaired) electrons. The van der Waals surface area contributed by atoms with Crippen molar-refractivity contribution >= 4 is 27.7 Å². The molecule has 0 fully saturated rings. The predicted molar refractivity (Wildman–Crippen MR) is 176 cm³/mol. The van der Waals surface area contributed by atoms with E-state index < -0.39 is 46.0 Å². The van der Waals surface area contributed by atoms with Gasteiger partial charge in [0.2, 0.25) is 15.9 Å². The highest BCUT2D eigenvalue weighted by molar-refractivity contribution is 7.88. The van der Waals surface area contributed by atoms with Crippen LogP contribution in [0.1, 0.15) is 39.0 Å². The molecule has 0 saturated heterocycles. The first-order valence-electron chi connectivity index (χ1n) is 14.9. The molecule has 0 heterocycles. The first-order chi connectivity index (χ1) is 22.0. The molecule has 0 unspecified atom stereocenters. The highest BCUT2D eigenvalue weighted by Crippen LogP contribution is 2.19. The average Bonchev–Trinajstić information content (AvgIpc) is 3.04. The minimum absolute atomic E-state index is 0.0291. The van der Waals surface area contributed by atoms with Crippen LogP contribution in [0.15, 0.2) is 115 Å². The largest absolute Gasteiger partial charge is 0.481 e. The molecule has 0 aliphatic heterocycles. The smallest absolute Gasteiger partial charge is 0.306 e. The Morgan fingerprint density at radius 3 is 1.67 bits per heavy atom. The summed E-state index contributed by atoms with van der Waals surface area (Å²) < 4.78 is 27.0. The van der Waals surface area contributed by atoms with E-state index in [4.69, 9.17) is 0 Å². The standard InChI is InChI=1S/C36H38N2O7S/c1-46(44,45)38-32(23-27-17-19-29(20-18-27)34(40)28-15-9-4-10-16-28)35(41)37-31(22-26-13-7-3-8-14-26)33(39)24-30(36(42)43)21-25-11-5-2-6-12-25/h2-20,30-33,38-39H,21-24H2,1H3,(H,37,41)(H,42,43)/t30-,31+,32+,33-/m1/s1. The molecule has 4 atom stereocenters. The monoisotopic (exact) mass is 642 g/mol. The summed E-state index contributed by atoms with van der Waals surface area (Å²) in [6.45, 7) is 0. The Morgan fingerprint density at radius 2 is 1.15 bits per heavy atom. The number of sulfonamides is 1. The number of carboxylic acid groups (broad SMARTS) is 1. The lowest BCUT2D eigenvalue weighted by Gasteiger charge is -2.28. The third kappa shape index (κ3) is 10.5. The molecule has 0 aliphatic rings. The Morgan fingerprint density at radius 1 is 0.674 bits per heavy atom. The fraction of sp³-hybridized carbons (Fsp3) is 0.250. The number of aliphatic carboxylic acids is 1. The summed E-state index contributed by atoms with van der Waals surface area (Å²) >= 11 is 0. The van der Waals surface area contributed by atoms with Crippen molar-refractivity contribution in [1.82, 2.24) is 10.0 Å². The summed E-state index contributed by atoms with van der Waals surface area (Å²) in [5.41, 5.74) is 3.19. The second-order valence-corrected chi connectivity index (χ2v) is 13.2. The fourth-order valence-electron chi connectivity index (χ4n) is 5.29. The van der Waals surface area contributed by atoms with Crippen molar-refractivity contribution in [3.8, 4) is 0 Å². The third-order valence-electron chi connectivity index (χ3n) is 7.66. The summed E-state index contributed by atoms with van der Waals surface area (Å²) in [5.74, 6) is -2.83. The number of amides is 1. The zero-order chi connectivity index (χ0) is 33.1. The molecule has 1 amide bonds. The van der Waals surface area contributed by atoms with Crippen molar-refractivity contribution in [2.45, 2.75) is 43.9 Å². The van der Waals surface area contributed by atoms with Crippen molar-refractivity contribution in [2.75, 3.05) is 6.26 Å². The molecule has 4 aromatic rings. The number of ketones is 1. The van der Waals surface area contributed by atoms with Gasteiger partial charge in [0.15, 0.2) is 5.78 Å². The average molecular weight is 643 g/mol. The van der Waals surface area contributed by atoms with Gasteiger partial charge in [0.25, 0.3) is 0 Å². The first kappa shape index (κ1) is 34.2. The van der Waals surface area contributed by atoms with Crippen molar-refractivity contribution in [2.24, 2.45) is 5.92 Å². The summed E-state index contributed by atoms with van der Waals surface area (Å²) in [5, 5.41) is 24.1. The van der Waals surface area contributed by atoms with E-state index in [0.29, 0.717) is 16.7 Å². The molecule has 46 heavy (non-hydrogen) atoms. The van der Waals surface area contributed by atoms with Gasteiger partial charge >= 0.3 is 5.97 Å². The van der Waals surface area contributed by atoms with E-state index >= 15 is 0 Å². The van der Waals surface area contributed by atoms with Crippen LogP contribution in [0, 0.1) is 5.92 Å². The van der Waals surface area contributed by atoms with Crippen LogP contribution in [0.3, 0.4) is 0 Å². The van der Waals surface area contributed by atoms with E-state index in [-0.39, 0.29) is 31.5 Å². The Kier molecular flexibility index (Phi) is 12.0. The number of hydrogen-bond acceptors (Lipinski definition) is 6. The Bertz CT molecular complexity index is 1700. The molecule has 0 bridgehead atoms. The lowest BCUT2D eigenvalue weighted by molar-refractivity contribution is -0.143. The normalized spacial score (nSPS) is 14.0. The number of carbonyl (C=O) groups excluding carboxylic acids is 2. The van der Waals surface area contributed by atoms with Crippen LogP contribution in [0.2, 0.25) is 0 Å². The number of rotatable bonds is 16. The van der Waals surface area contributed by atoms with Crippen LogP contribution >= 0.6 is 0 Å². The molecular weight excluding hydrogens is 604 g/mol. The third-order valence-corrected chi connectivity index (χ3v) is 8.37. The SMILES string of the molecule is CS(=O)(=O)N[C@@H](Cc1ccc(C(=O)c2ccccc2)cc1)C(=O)N[C@@H](Cc1ccccc1)[C@H](O)C[C@@H](Cc1ccccc1)C(=O)O. The van der Waals surface area contributed by atoms with Gasteiger partial charge in [-0.3, -0.25) is 14.4 Å². The van der Waals surface area contributed by atoms with Gasteiger partial charge in [-0.05, 0) is 42.4 Å². The summed E-state index contributed by atoms with van der Waals surface area (Å²) in [6.07, 6.45) is -0.0854. The molecule has 4 N–H and O–H groups in total. The lowest BCUT2D eigenvalue weighted by atomic mass is 9.89. The van der Waals surface area contributed by atoms with E-state index in [2.05, 4.69) is 10.0 Å². The van der Waals surface area contributed by atoms with Gasteiger partial charge in [-0.1, -0.05) is 115 Å². The minimum atomic E-state index is -3.83.